The van der Waals surface area contributed by atoms with E-state index in [1.54, 1.807) is 12.1 Å². The number of carbonyl (C=O) groups excluding carboxylic acids is 2. The van der Waals surface area contributed by atoms with Gasteiger partial charge in [-0.3, -0.25) is 19.7 Å². The highest BCUT2D eigenvalue weighted by atomic mass is 16.6. The van der Waals surface area contributed by atoms with E-state index in [1.165, 1.54) is 23.1 Å². The molecule has 0 spiro atoms. The number of rotatable bonds is 7. The van der Waals surface area contributed by atoms with Crippen LogP contribution in [0.2, 0.25) is 0 Å². The standard InChI is InChI=1S/C22H25N3O5/c1-15-7-5-10-19(16(15)2)23-21(26)14-24(13-17-8-6-12-30-17)22(27)18-9-3-4-11-20(18)25(28)29/h3-5,7,9-11,17H,6,8,12-14H2,1-2H3,(H,23,26). The van der Waals surface area contributed by atoms with E-state index >= 15 is 0 Å². The zero-order chi connectivity index (χ0) is 21.7. The summed E-state index contributed by atoms with van der Waals surface area (Å²) in [5.74, 6) is -0.928. The summed E-state index contributed by atoms with van der Waals surface area (Å²) < 4.78 is 5.62. The van der Waals surface area contributed by atoms with E-state index in [-0.39, 0.29) is 36.4 Å². The van der Waals surface area contributed by atoms with Crippen molar-refractivity contribution < 1.29 is 19.2 Å². The molecule has 1 unspecified atom stereocenters. The Bertz CT molecular complexity index is 954. The van der Waals surface area contributed by atoms with E-state index < -0.39 is 10.8 Å². The SMILES string of the molecule is Cc1cccc(NC(=O)CN(CC2CCCO2)C(=O)c2ccccc2[N+](=O)[O-])c1C. The Morgan fingerprint density at radius 2 is 1.97 bits per heavy atom. The van der Waals surface area contributed by atoms with Crippen molar-refractivity contribution in [1.29, 1.82) is 0 Å². The molecule has 30 heavy (non-hydrogen) atoms. The van der Waals surface area contributed by atoms with Gasteiger partial charge in [0, 0.05) is 24.9 Å². The van der Waals surface area contributed by atoms with Crippen molar-refractivity contribution in [3.63, 3.8) is 0 Å². The van der Waals surface area contributed by atoms with Crippen molar-refractivity contribution in [1.82, 2.24) is 4.90 Å². The number of benzene rings is 2. The Hall–Kier alpha value is -3.26. The normalized spacial score (nSPS) is 15.6. The maximum atomic E-state index is 13.2. The maximum absolute atomic E-state index is 13.2. The fourth-order valence-corrected chi connectivity index (χ4v) is 3.49. The highest BCUT2D eigenvalue weighted by Crippen LogP contribution is 2.22. The van der Waals surface area contributed by atoms with Crippen LogP contribution in [0.4, 0.5) is 11.4 Å². The Balaban J connectivity index is 1.81. The first-order valence-corrected chi connectivity index (χ1v) is 9.87. The molecule has 1 aliphatic heterocycles. The summed E-state index contributed by atoms with van der Waals surface area (Å²) in [6.45, 7) is 4.44. The molecule has 1 atom stereocenters. The van der Waals surface area contributed by atoms with Gasteiger partial charge in [0.25, 0.3) is 11.6 Å². The van der Waals surface area contributed by atoms with Crippen molar-refractivity contribution in [3.05, 3.63) is 69.3 Å². The lowest BCUT2D eigenvalue weighted by Crippen LogP contribution is -2.42. The summed E-state index contributed by atoms with van der Waals surface area (Å²) in [4.78, 5) is 38.0. The van der Waals surface area contributed by atoms with Crippen LogP contribution in [0.3, 0.4) is 0 Å². The van der Waals surface area contributed by atoms with Crippen molar-refractivity contribution in [2.45, 2.75) is 32.8 Å². The first-order chi connectivity index (χ1) is 14.4. The topological polar surface area (TPSA) is 102 Å². The van der Waals surface area contributed by atoms with E-state index in [4.69, 9.17) is 4.74 Å². The van der Waals surface area contributed by atoms with Gasteiger partial charge in [-0.25, -0.2) is 0 Å². The van der Waals surface area contributed by atoms with Crippen LogP contribution in [-0.2, 0) is 9.53 Å². The fourth-order valence-electron chi connectivity index (χ4n) is 3.49. The smallest absolute Gasteiger partial charge is 0.282 e. The molecule has 3 rings (SSSR count). The fraction of sp³-hybridized carbons (Fsp3) is 0.364. The monoisotopic (exact) mass is 411 g/mol. The van der Waals surface area contributed by atoms with Crippen LogP contribution in [-0.4, -0.2) is 47.4 Å². The highest BCUT2D eigenvalue weighted by molar-refractivity contribution is 6.01. The molecule has 1 fully saturated rings. The number of anilines is 1. The highest BCUT2D eigenvalue weighted by Gasteiger charge is 2.29. The van der Waals surface area contributed by atoms with Crippen LogP contribution in [0.5, 0.6) is 0 Å². The summed E-state index contributed by atoms with van der Waals surface area (Å²) in [6, 6.07) is 11.4. The first kappa shape index (κ1) is 21.4. The summed E-state index contributed by atoms with van der Waals surface area (Å²) in [5, 5.41) is 14.2. The van der Waals surface area contributed by atoms with E-state index in [0.29, 0.717) is 12.3 Å². The maximum Gasteiger partial charge on any atom is 0.282 e. The van der Waals surface area contributed by atoms with Gasteiger partial charge in [0.1, 0.15) is 12.1 Å². The predicted octanol–water partition coefficient (Wildman–Crippen LogP) is 3.47. The Morgan fingerprint density at radius 3 is 2.67 bits per heavy atom. The number of aryl methyl sites for hydroxylation is 1. The average Bonchev–Trinajstić information content (AvgIpc) is 3.23. The molecule has 0 saturated carbocycles. The molecule has 2 amide bonds. The van der Waals surface area contributed by atoms with E-state index in [0.717, 1.165) is 24.0 Å². The molecule has 0 aromatic heterocycles. The summed E-state index contributed by atoms with van der Waals surface area (Å²) >= 11 is 0. The third-order valence-corrected chi connectivity index (χ3v) is 5.28. The number of hydrogen-bond acceptors (Lipinski definition) is 5. The molecule has 0 bridgehead atoms. The van der Waals surface area contributed by atoms with Gasteiger partial charge < -0.3 is 15.0 Å². The number of ether oxygens (including phenoxy) is 1. The second kappa shape index (κ2) is 9.49. The Kier molecular flexibility index (Phi) is 6.79. The van der Waals surface area contributed by atoms with Gasteiger partial charge >= 0.3 is 0 Å². The molecule has 2 aromatic carbocycles. The van der Waals surface area contributed by atoms with Crippen LogP contribution >= 0.6 is 0 Å². The zero-order valence-corrected chi connectivity index (χ0v) is 17.1. The Labute approximate surface area is 175 Å². The number of para-hydroxylation sites is 1. The number of amides is 2. The Morgan fingerprint density at radius 1 is 1.20 bits per heavy atom. The molecule has 8 heteroatoms. The van der Waals surface area contributed by atoms with Crippen LogP contribution in [0.25, 0.3) is 0 Å². The summed E-state index contributed by atoms with van der Waals surface area (Å²) in [6.07, 6.45) is 1.47. The molecule has 1 saturated heterocycles. The zero-order valence-electron chi connectivity index (χ0n) is 17.1. The van der Waals surface area contributed by atoms with Gasteiger partial charge in [0.2, 0.25) is 5.91 Å². The number of hydrogen-bond donors (Lipinski definition) is 1. The van der Waals surface area contributed by atoms with Crippen molar-refractivity contribution in [2.24, 2.45) is 0 Å². The number of nitro groups is 1. The van der Waals surface area contributed by atoms with Crippen molar-refractivity contribution >= 4 is 23.2 Å². The number of nitrogens with one attached hydrogen (secondary N) is 1. The summed E-state index contributed by atoms with van der Waals surface area (Å²) in [5.41, 5.74) is 2.34. The van der Waals surface area contributed by atoms with Crippen LogP contribution < -0.4 is 5.32 Å². The molecule has 1 N–H and O–H groups in total. The number of nitrogens with zero attached hydrogens (tertiary/aromatic N) is 2. The molecule has 2 aromatic rings. The van der Waals surface area contributed by atoms with Gasteiger partial charge in [0.15, 0.2) is 0 Å². The second-order valence-electron chi connectivity index (χ2n) is 7.39. The molecule has 1 heterocycles. The van der Waals surface area contributed by atoms with Crippen molar-refractivity contribution in [2.75, 3.05) is 25.0 Å². The first-order valence-electron chi connectivity index (χ1n) is 9.87. The predicted molar refractivity (Wildman–Crippen MR) is 113 cm³/mol. The quantitative estimate of drug-likeness (QED) is 0.555. The molecular weight excluding hydrogens is 386 g/mol. The summed E-state index contributed by atoms with van der Waals surface area (Å²) in [7, 11) is 0. The average molecular weight is 411 g/mol. The molecule has 0 aliphatic carbocycles. The lowest BCUT2D eigenvalue weighted by Gasteiger charge is -2.25. The van der Waals surface area contributed by atoms with Gasteiger partial charge in [0.05, 0.1) is 11.0 Å². The largest absolute Gasteiger partial charge is 0.376 e. The molecular formula is C22H25N3O5. The van der Waals surface area contributed by atoms with Gasteiger partial charge in [-0.2, -0.15) is 0 Å². The minimum atomic E-state index is -0.590. The molecule has 158 valence electrons. The molecule has 1 aliphatic rings. The lowest BCUT2D eigenvalue weighted by molar-refractivity contribution is -0.385. The lowest BCUT2D eigenvalue weighted by atomic mass is 10.1. The third kappa shape index (κ3) is 5.01. The van der Waals surface area contributed by atoms with Gasteiger partial charge in [-0.05, 0) is 49.9 Å². The van der Waals surface area contributed by atoms with E-state index in [9.17, 15) is 19.7 Å². The van der Waals surface area contributed by atoms with Crippen LogP contribution in [0, 0.1) is 24.0 Å². The minimum absolute atomic E-state index is 0.0416. The minimum Gasteiger partial charge on any atom is -0.376 e. The number of carbonyl (C=O) groups is 2. The van der Waals surface area contributed by atoms with Gasteiger partial charge in [-0.1, -0.05) is 24.3 Å². The van der Waals surface area contributed by atoms with Crippen LogP contribution in [0.15, 0.2) is 42.5 Å². The van der Waals surface area contributed by atoms with Crippen LogP contribution in [0.1, 0.15) is 34.3 Å². The van der Waals surface area contributed by atoms with Crippen molar-refractivity contribution in [3.8, 4) is 0 Å². The third-order valence-electron chi connectivity index (χ3n) is 5.28. The van der Waals surface area contributed by atoms with E-state index in [1.807, 2.05) is 26.0 Å². The van der Waals surface area contributed by atoms with Gasteiger partial charge in [-0.15, -0.1) is 0 Å². The molecule has 8 nitrogen and oxygen atoms in total. The second-order valence-corrected chi connectivity index (χ2v) is 7.39. The molecule has 0 radical (unpaired) electrons. The number of nitro benzene ring substituents is 1. The van der Waals surface area contributed by atoms with E-state index in [2.05, 4.69) is 5.32 Å².